The van der Waals surface area contributed by atoms with Crippen molar-refractivity contribution in [3.8, 4) is 5.75 Å². The molecular weight excluding hydrogens is 443 g/mol. The summed E-state index contributed by atoms with van der Waals surface area (Å²) < 4.78 is 75.5. The fourth-order valence-electron chi connectivity index (χ4n) is 3.18. The van der Waals surface area contributed by atoms with Crippen molar-refractivity contribution >= 4 is 16.1 Å². The molecule has 2 aromatic carbocycles. The number of oxazole rings is 1. The molecule has 3 aromatic rings. The largest absolute Gasteiger partial charge is 0.484 e. The first-order valence-corrected chi connectivity index (χ1v) is 11.1. The highest BCUT2D eigenvalue weighted by molar-refractivity contribution is 8.45. The number of rotatable bonds is 5. The molecule has 5 nitrogen and oxygen atoms in total. The van der Waals surface area contributed by atoms with Crippen LogP contribution in [0.1, 0.15) is 27.7 Å². The minimum Gasteiger partial charge on any atom is -0.484 e. The number of aromatic nitrogens is 1. The minimum atomic E-state index is -9.78. The second kappa shape index (κ2) is 6.71. The van der Waals surface area contributed by atoms with Crippen LogP contribution >= 0.6 is 10.2 Å². The Morgan fingerprint density at radius 1 is 1.03 bits per heavy atom. The number of hydrogen-bond donors (Lipinski definition) is 0. The van der Waals surface area contributed by atoms with Crippen LogP contribution in [0.2, 0.25) is 0 Å². The summed E-state index contributed by atoms with van der Waals surface area (Å²) in [7, 11) is -9.78. The summed E-state index contributed by atoms with van der Waals surface area (Å²) in [6, 6.07) is 11.0. The molecule has 0 fully saturated rings. The van der Waals surface area contributed by atoms with Gasteiger partial charge >= 0.3 is 10.2 Å². The summed E-state index contributed by atoms with van der Waals surface area (Å²) in [5.74, 6) is 0.849. The van der Waals surface area contributed by atoms with E-state index in [-0.39, 0.29) is 37.4 Å². The Kier molecular flexibility index (Phi) is 4.58. The Bertz CT molecular complexity index is 1120. The molecule has 0 bridgehead atoms. The second-order valence-corrected chi connectivity index (χ2v) is 9.46. The highest BCUT2D eigenvalue weighted by atomic mass is 32.5. The number of carbonyl (C=O) groups is 1. The van der Waals surface area contributed by atoms with E-state index in [1.807, 2.05) is 18.2 Å². The zero-order valence-corrected chi connectivity index (χ0v) is 16.8. The Balaban J connectivity index is 1.44. The van der Waals surface area contributed by atoms with Crippen LogP contribution in [0.4, 0.5) is 19.4 Å². The molecule has 0 N–H and O–H groups in total. The lowest BCUT2D eigenvalue weighted by molar-refractivity contribution is 0.0718. The van der Waals surface area contributed by atoms with Gasteiger partial charge < -0.3 is 14.1 Å². The molecule has 0 radical (unpaired) electrons. The topological polar surface area (TPSA) is 55.6 Å². The van der Waals surface area contributed by atoms with Crippen LogP contribution in [0.3, 0.4) is 0 Å². The summed E-state index contributed by atoms with van der Waals surface area (Å²) in [4.78, 5) is 16.3. The van der Waals surface area contributed by atoms with Gasteiger partial charge in [0.25, 0.3) is 5.91 Å². The summed E-state index contributed by atoms with van der Waals surface area (Å²) in [6.45, 7) is 0.428. The van der Waals surface area contributed by atoms with Gasteiger partial charge in [-0.25, -0.2) is 4.98 Å². The Morgan fingerprint density at radius 2 is 1.71 bits per heavy atom. The molecule has 0 unspecified atom stereocenters. The van der Waals surface area contributed by atoms with Crippen molar-refractivity contribution in [2.24, 2.45) is 0 Å². The first kappa shape index (κ1) is 21.2. The molecular formula is C20H17F5N2O3S. The van der Waals surface area contributed by atoms with E-state index in [4.69, 9.17) is 9.15 Å². The van der Waals surface area contributed by atoms with Gasteiger partial charge in [-0.3, -0.25) is 4.79 Å². The number of benzene rings is 2. The molecule has 4 rings (SSSR count). The fraction of sp³-hybridized carbons (Fsp3) is 0.200. The highest BCUT2D eigenvalue weighted by Crippen LogP contribution is 3.02. The van der Waals surface area contributed by atoms with E-state index in [9.17, 15) is 24.2 Å². The van der Waals surface area contributed by atoms with Crippen molar-refractivity contribution in [2.75, 3.05) is 6.54 Å². The molecule has 11 heteroatoms. The number of nitrogens with zero attached hydrogens (tertiary/aromatic N) is 2. The summed E-state index contributed by atoms with van der Waals surface area (Å²) in [6.07, 6.45) is 0.388. The molecule has 1 aliphatic heterocycles. The number of amides is 1. The van der Waals surface area contributed by atoms with Crippen LogP contribution in [0, 0.1) is 0 Å². The normalized spacial score (nSPS) is 16.2. The van der Waals surface area contributed by atoms with Gasteiger partial charge in [0, 0.05) is 18.5 Å². The maximum Gasteiger partial charge on any atom is 0.310 e. The standard InChI is InChI=1S/C20H17F5N2O3S/c21-31(22,23,24,25)16-8-6-14(7-9-16)20(28)27-11-10-17-18(12-27)30-19(26-17)13-29-15-4-2-1-3-5-15/h1-9H,10-13H2. The predicted octanol–water partition coefficient (Wildman–Crippen LogP) is 6.11. The van der Waals surface area contributed by atoms with Gasteiger partial charge in [0.2, 0.25) is 5.89 Å². The number of ether oxygens (including phenoxy) is 1. The van der Waals surface area contributed by atoms with Crippen molar-refractivity contribution in [2.45, 2.75) is 24.5 Å². The van der Waals surface area contributed by atoms with E-state index >= 15 is 0 Å². The molecule has 0 spiro atoms. The molecule has 0 atom stereocenters. The van der Waals surface area contributed by atoms with Gasteiger partial charge in [-0.15, -0.1) is 0 Å². The van der Waals surface area contributed by atoms with Gasteiger partial charge in [0.15, 0.2) is 6.61 Å². The first-order chi connectivity index (χ1) is 14.4. The smallest absolute Gasteiger partial charge is 0.310 e. The average Bonchev–Trinajstić information content (AvgIpc) is 3.13. The molecule has 2 heterocycles. The van der Waals surface area contributed by atoms with E-state index in [1.165, 1.54) is 4.90 Å². The van der Waals surface area contributed by atoms with Gasteiger partial charge in [0.05, 0.1) is 12.2 Å². The average molecular weight is 460 g/mol. The fourth-order valence-corrected chi connectivity index (χ4v) is 3.83. The number of halogens is 5. The number of hydrogen-bond acceptors (Lipinski definition) is 4. The molecule has 1 amide bonds. The molecule has 1 aromatic heterocycles. The lowest BCUT2D eigenvalue weighted by atomic mass is 10.1. The van der Waals surface area contributed by atoms with Gasteiger partial charge in [-0.05, 0) is 36.4 Å². The van der Waals surface area contributed by atoms with Crippen molar-refractivity contribution in [3.63, 3.8) is 0 Å². The van der Waals surface area contributed by atoms with E-state index in [2.05, 4.69) is 4.98 Å². The maximum atomic E-state index is 12.8. The lowest BCUT2D eigenvalue weighted by Crippen LogP contribution is -2.35. The third-order valence-electron chi connectivity index (χ3n) is 4.71. The Morgan fingerprint density at radius 3 is 2.35 bits per heavy atom. The summed E-state index contributed by atoms with van der Waals surface area (Å²) in [5.41, 5.74) is 0.549. The lowest BCUT2D eigenvalue weighted by Gasteiger charge is -2.40. The summed E-state index contributed by atoms with van der Waals surface area (Å²) in [5, 5.41) is 0. The highest BCUT2D eigenvalue weighted by Gasteiger charge is 2.65. The summed E-state index contributed by atoms with van der Waals surface area (Å²) >= 11 is 0. The van der Waals surface area contributed by atoms with Gasteiger partial charge in [-0.2, -0.15) is 0 Å². The third-order valence-corrected chi connectivity index (χ3v) is 5.88. The number of carbonyl (C=O) groups excluding carboxylic acids is 1. The molecule has 31 heavy (non-hydrogen) atoms. The van der Waals surface area contributed by atoms with E-state index in [1.54, 1.807) is 12.1 Å². The Hall–Kier alpha value is -3.08. The molecule has 0 saturated carbocycles. The number of fused-ring (bicyclic) bond motifs is 1. The molecule has 0 saturated heterocycles. The van der Waals surface area contributed by atoms with Crippen molar-refractivity contribution in [3.05, 3.63) is 77.5 Å². The Labute approximate surface area is 174 Å². The van der Waals surface area contributed by atoms with E-state index in [0.717, 1.165) is 12.1 Å². The van der Waals surface area contributed by atoms with Gasteiger partial charge in [-0.1, -0.05) is 37.6 Å². The SMILES string of the molecule is O=C(c1ccc(S(F)(F)(F)(F)F)cc1)N1CCc2nc(COc3ccccc3)oc2C1. The van der Waals surface area contributed by atoms with Crippen LogP contribution in [0.25, 0.3) is 0 Å². The van der Waals surface area contributed by atoms with Crippen molar-refractivity contribution in [1.82, 2.24) is 9.88 Å². The van der Waals surface area contributed by atoms with Gasteiger partial charge in [0.1, 0.15) is 16.4 Å². The van der Waals surface area contributed by atoms with E-state index < -0.39 is 21.0 Å². The van der Waals surface area contributed by atoms with Crippen LogP contribution in [-0.4, -0.2) is 22.3 Å². The van der Waals surface area contributed by atoms with Crippen LogP contribution < -0.4 is 4.74 Å². The van der Waals surface area contributed by atoms with Crippen LogP contribution in [0.5, 0.6) is 5.75 Å². The predicted molar refractivity (Wildman–Crippen MR) is 104 cm³/mol. The maximum absolute atomic E-state index is 12.8. The molecule has 166 valence electrons. The molecule has 1 aliphatic rings. The second-order valence-electron chi connectivity index (χ2n) is 7.05. The van der Waals surface area contributed by atoms with Crippen LogP contribution in [0.15, 0.2) is 63.9 Å². The number of para-hydroxylation sites is 1. The third kappa shape index (κ3) is 4.82. The quantitative estimate of drug-likeness (QED) is 0.431. The van der Waals surface area contributed by atoms with Crippen molar-refractivity contribution < 1.29 is 33.4 Å². The monoisotopic (exact) mass is 460 g/mol. The zero-order chi connectivity index (χ0) is 22.3. The van der Waals surface area contributed by atoms with Crippen LogP contribution in [-0.2, 0) is 19.6 Å². The van der Waals surface area contributed by atoms with E-state index in [0.29, 0.717) is 29.5 Å². The molecule has 0 aliphatic carbocycles. The van der Waals surface area contributed by atoms with Crippen molar-refractivity contribution in [1.29, 1.82) is 0 Å². The first-order valence-electron chi connectivity index (χ1n) is 9.18. The minimum absolute atomic E-state index is 0.0653. The zero-order valence-electron chi connectivity index (χ0n) is 15.9.